The fourth-order valence-corrected chi connectivity index (χ4v) is 3.24. The van der Waals surface area contributed by atoms with Gasteiger partial charge in [-0.25, -0.2) is 12.8 Å². The molecular formula is C11H8ClF4NO3S. The summed E-state index contributed by atoms with van der Waals surface area (Å²) in [6.45, 7) is -0.692. The van der Waals surface area contributed by atoms with E-state index in [-0.39, 0.29) is 23.5 Å². The molecule has 1 amide bonds. The van der Waals surface area contributed by atoms with E-state index in [2.05, 4.69) is 0 Å². The van der Waals surface area contributed by atoms with Gasteiger partial charge < -0.3 is 4.90 Å². The van der Waals surface area contributed by atoms with E-state index in [0.29, 0.717) is 4.90 Å². The van der Waals surface area contributed by atoms with Gasteiger partial charge >= 0.3 is 12.1 Å². The first kappa shape index (κ1) is 16.0. The van der Waals surface area contributed by atoms with Crippen molar-refractivity contribution in [2.24, 2.45) is 0 Å². The number of halogens is 5. The van der Waals surface area contributed by atoms with E-state index in [1.807, 2.05) is 0 Å². The van der Waals surface area contributed by atoms with Crippen LogP contribution in [0.2, 0.25) is 0 Å². The molecule has 2 rings (SSSR count). The fourth-order valence-electron chi connectivity index (χ4n) is 2.08. The van der Waals surface area contributed by atoms with Crippen LogP contribution in [0.25, 0.3) is 0 Å². The summed E-state index contributed by atoms with van der Waals surface area (Å²) in [6, 6.07) is 2.73. The molecule has 0 aromatic heterocycles. The molecule has 0 radical (unpaired) electrons. The maximum Gasteiger partial charge on any atom is 0.471 e. The van der Waals surface area contributed by atoms with Crippen molar-refractivity contribution in [2.75, 3.05) is 13.1 Å². The van der Waals surface area contributed by atoms with Crippen LogP contribution in [0.5, 0.6) is 0 Å². The molecule has 0 spiro atoms. The fraction of sp³-hybridized carbons (Fsp3) is 0.364. The van der Waals surface area contributed by atoms with Crippen LogP contribution in [0.4, 0.5) is 17.6 Å². The van der Waals surface area contributed by atoms with Crippen LogP contribution >= 0.6 is 10.7 Å². The third-order valence-corrected chi connectivity index (χ3v) is 4.48. The zero-order chi connectivity index (χ0) is 16.0. The molecule has 1 aromatic rings. The molecule has 10 heteroatoms. The lowest BCUT2D eigenvalue weighted by Gasteiger charge is -2.40. The van der Waals surface area contributed by atoms with Gasteiger partial charge in [0.15, 0.2) is 0 Å². The molecule has 0 bridgehead atoms. The summed E-state index contributed by atoms with van der Waals surface area (Å²) in [5.74, 6) is -3.46. The minimum atomic E-state index is -4.99. The van der Waals surface area contributed by atoms with Crippen LogP contribution in [0, 0.1) is 5.82 Å². The Morgan fingerprint density at radius 3 is 2.33 bits per heavy atom. The van der Waals surface area contributed by atoms with E-state index in [1.165, 1.54) is 0 Å². The molecule has 0 N–H and O–H groups in total. The zero-order valence-electron chi connectivity index (χ0n) is 10.2. The van der Waals surface area contributed by atoms with Crippen LogP contribution in [-0.2, 0) is 13.8 Å². The Labute approximate surface area is 121 Å². The zero-order valence-corrected chi connectivity index (χ0v) is 11.8. The standard InChI is InChI=1S/C11H8ClF4NO3S/c12-21(19,20)9-2-1-7(13)3-8(9)6-4-17(5-6)10(18)11(14,15)16/h1-3,6H,4-5H2. The monoisotopic (exact) mass is 345 g/mol. The Morgan fingerprint density at radius 1 is 1.29 bits per heavy atom. The van der Waals surface area contributed by atoms with Gasteiger partial charge in [-0.1, -0.05) is 0 Å². The van der Waals surface area contributed by atoms with Crippen LogP contribution < -0.4 is 0 Å². The Balaban J connectivity index is 2.23. The van der Waals surface area contributed by atoms with E-state index in [9.17, 15) is 30.8 Å². The van der Waals surface area contributed by atoms with E-state index in [4.69, 9.17) is 10.7 Å². The molecule has 116 valence electrons. The maximum absolute atomic E-state index is 13.2. The lowest BCUT2D eigenvalue weighted by atomic mass is 9.91. The van der Waals surface area contributed by atoms with Crippen molar-refractivity contribution in [3.05, 3.63) is 29.6 Å². The van der Waals surface area contributed by atoms with Gasteiger partial charge in [-0.05, 0) is 23.8 Å². The van der Waals surface area contributed by atoms with Crippen molar-refractivity contribution >= 4 is 25.6 Å². The highest BCUT2D eigenvalue weighted by molar-refractivity contribution is 8.13. The molecule has 1 aliphatic rings. The molecule has 1 saturated heterocycles. The molecule has 0 saturated carbocycles. The Morgan fingerprint density at radius 2 is 1.86 bits per heavy atom. The number of amides is 1. The van der Waals surface area contributed by atoms with Crippen molar-refractivity contribution in [1.29, 1.82) is 0 Å². The highest BCUT2D eigenvalue weighted by Crippen LogP contribution is 2.35. The normalized spacial score (nSPS) is 16.7. The van der Waals surface area contributed by atoms with Gasteiger partial charge in [0.05, 0.1) is 4.90 Å². The van der Waals surface area contributed by atoms with Crippen molar-refractivity contribution in [2.45, 2.75) is 17.0 Å². The highest BCUT2D eigenvalue weighted by atomic mass is 35.7. The summed E-state index contributed by atoms with van der Waals surface area (Å²) < 4.78 is 72.6. The third kappa shape index (κ3) is 3.29. The largest absolute Gasteiger partial charge is 0.471 e. The minimum Gasteiger partial charge on any atom is -0.334 e. The minimum absolute atomic E-state index is 0.0313. The first-order valence-electron chi connectivity index (χ1n) is 5.60. The van der Waals surface area contributed by atoms with Crippen LogP contribution in [-0.4, -0.2) is 38.5 Å². The number of rotatable bonds is 2. The molecule has 1 heterocycles. The van der Waals surface area contributed by atoms with Crippen molar-refractivity contribution in [1.82, 2.24) is 4.90 Å². The number of nitrogens with zero attached hydrogens (tertiary/aromatic N) is 1. The number of benzene rings is 1. The molecule has 4 nitrogen and oxygen atoms in total. The first-order chi connectivity index (χ1) is 9.50. The summed E-state index contributed by atoms with van der Waals surface area (Å²) in [7, 11) is 1.04. The maximum atomic E-state index is 13.2. The SMILES string of the molecule is O=C(N1CC(c2cc(F)ccc2S(=O)(=O)Cl)C1)C(F)(F)F. The molecule has 0 unspecified atom stereocenters. The van der Waals surface area contributed by atoms with Crippen LogP contribution in [0.1, 0.15) is 11.5 Å². The molecule has 1 aliphatic heterocycles. The summed E-state index contributed by atoms with van der Waals surface area (Å²) in [5.41, 5.74) is -0.0313. The molecule has 0 atom stereocenters. The van der Waals surface area contributed by atoms with Gasteiger partial charge in [-0.15, -0.1) is 0 Å². The predicted octanol–water partition coefficient (Wildman–Crippen LogP) is 2.24. The second kappa shape index (κ2) is 5.13. The second-order valence-electron chi connectivity index (χ2n) is 4.52. The van der Waals surface area contributed by atoms with Gasteiger partial charge in [0.2, 0.25) is 0 Å². The van der Waals surface area contributed by atoms with Gasteiger partial charge in [0.25, 0.3) is 9.05 Å². The number of hydrogen-bond donors (Lipinski definition) is 0. The van der Waals surface area contributed by atoms with E-state index < -0.39 is 32.9 Å². The van der Waals surface area contributed by atoms with Gasteiger partial charge in [0, 0.05) is 29.7 Å². The number of carbonyl (C=O) groups excluding carboxylic acids is 1. The summed E-state index contributed by atoms with van der Waals surface area (Å²) in [5, 5.41) is 0. The van der Waals surface area contributed by atoms with Crippen LogP contribution in [0.15, 0.2) is 23.1 Å². The Kier molecular flexibility index (Phi) is 3.92. The van der Waals surface area contributed by atoms with Crippen molar-refractivity contribution in [3.63, 3.8) is 0 Å². The number of carbonyl (C=O) groups is 1. The average molecular weight is 346 g/mol. The molecule has 21 heavy (non-hydrogen) atoms. The van der Waals surface area contributed by atoms with Crippen molar-refractivity contribution in [3.8, 4) is 0 Å². The topological polar surface area (TPSA) is 54.5 Å². The molecule has 1 aromatic carbocycles. The highest BCUT2D eigenvalue weighted by Gasteiger charge is 2.47. The van der Waals surface area contributed by atoms with Gasteiger partial charge in [-0.2, -0.15) is 13.2 Å². The molecule has 1 fully saturated rings. The first-order valence-corrected chi connectivity index (χ1v) is 7.91. The Hall–Kier alpha value is -1.35. The number of alkyl halides is 3. The molecule has 0 aliphatic carbocycles. The predicted molar refractivity (Wildman–Crippen MR) is 64.8 cm³/mol. The smallest absolute Gasteiger partial charge is 0.334 e. The summed E-state index contributed by atoms with van der Waals surface area (Å²) in [6.07, 6.45) is -4.99. The lowest BCUT2D eigenvalue weighted by Crippen LogP contribution is -2.53. The van der Waals surface area contributed by atoms with Crippen molar-refractivity contribution < 1.29 is 30.8 Å². The van der Waals surface area contributed by atoms with E-state index >= 15 is 0 Å². The third-order valence-electron chi connectivity index (χ3n) is 3.09. The Bertz CT molecular complexity index is 683. The van der Waals surface area contributed by atoms with Crippen LogP contribution in [0.3, 0.4) is 0 Å². The lowest BCUT2D eigenvalue weighted by molar-refractivity contribution is -0.189. The van der Waals surface area contributed by atoms with Gasteiger partial charge in [0.1, 0.15) is 5.82 Å². The quantitative estimate of drug-likeness (QED) is 0.610. The molecular weight excluding hydrogens is 338 g/mol. The van der Waals surface area contributed by atoms with Gasteiger partial charge in [-0.3, -0.25) is 4.79 Å². The van der Waals surface area contributed by atoms with E-state index in [1.54, 1.807) is 0 Å². The summed E-state index contributed by atoms with van der Waals surface area (Å²) >= 11 is 0. The average Bonchev–Trinajstić information content (AvgIpc) is 2.23. The number of hydrogen-bond acceptors (Lipinski definition) is 3. The second-order valence-corrected chi connectivity index (χ2v) is 7.06. The number of likely N-dealkylation sites (tertiary alicyclic amines) is 1. The van der Waals surface area contributed by atoms with E-state index in [0.717, 1.165) is 18.2 Å². The summed E-state index contributed by atoms with van der Waals surface area (Å²) in [4.78, 5) is 11.1.